The number of hydrogen-bond donors (Lipinski definition) is 2. The van der Waals surface area contributed by atoms with E-state index >= 15 is 0 Å². The fourth-order valence-corrected chi connectivity index (χ4v) is 8.13. The molecule has 1 aromatic carbocycles. The first-order valence-electron chi connectivity index (χ1n) is 11.4. The Morgan fingerprint density at radius 3 is 2.16 bits per heavy atom. The number of amides is 1. The Morgan fingerprint density at radius 1 is 1.00 bits per heavy atom. The van der Waals surface area contributed by atoms with E-state index in [0.717, 1.165) is 74.9 Å². The van der Waals surface area contributed by atoms with Crippen molar-refractivity contribution in [3.8, 4) is 0 Å². The molecule has 1 amide bonds. The number of anilines is 2. The fourth-order valence-electron chi connectivity index (χ4n) is 6.06. The lowest BCUT2D eigenvalue weighted by molar-refractivity contribution is 0.0974. The number of fused-ring (bicyclic) bond motifs is 4. The molecule has 170 valence electrons. The second-order valence-electron chi connectivity index (χ2n) is 9.20. The van der Waals surface area contributed by atoms with Gasteiger partial charge in [-0.1, -0.05) is 11.6 Å². The Balaban J connectivity index is 1.23. The molecule has 32 heavy (non-hydrogen) atoms. The third-order valence-corrected chi connectivity index (χ3v) is 9.47. The van der Waals surface area contributed by atoms with Crippen molar-refractivity contribution in [2.45, 2.75) is 76.3 Å². The Bertz CT molecular complexity index is 1170. The van der Waals surface area contributed by atoms with Crippen molar-refractivity contribution in [2.24, 2.45) is 0 Å². The molecule has 0 atom stereocenters. The van der Waals surface area contributed by atoms with E-state index in [1.54, 1.807) is 0 Å². The summed E-state index contributed by atoms with van der Waals surface area (Å²) in [6.07, 6.45) is 10.5. The molecule has 6 rings (SSSR count). The van der Waals surface area contributed by atoms with Gasteiger partial charge in [0, 0.05) is 22.8 Å². The van der Waals surface area contributed by atoms with Crippen molar-refractivity contribution in [3.63, 3.8) is 0 Å². The minimum Gasteiger partial charge on any atom is -0.431 e. The second kappa shape index (κ2) is 7.46. The van der Waals surface area contributed by atoms with Crippen molar-refractivity contribution in [1.29, 1.82) is 0 Å². The summed E-state index contributed by atoms with van der Waals surface area (Å²) < 4.78 is 34.7. The van der Waals surface area contributed by atoms with E-state index in [2.05, 4.69) is 15.0 Å². The van der Waals surface area contributed by atoms with Crippen LogP contribution in [0.5, 0.6) is 0 Å². The maximum absolute atomic E-state index is 12.8. The average molecular weight is 477 g/mol. The van der Waals surface area contributed by atoms with Crippen LogP contribution in [0.3, 0.4) is 0 Å². The molecule has 2 bridgehead atoms. The summed E-state index contributed by atoms with van der Waals surface area (Å²) in [5.41, 5.74) is 5.73. The molecule has 2 aromatic rings. The summed E-state index contributed by atoms with van der Waals surface area (Å²) in [5, 5.41) is 4.18. The first-order valence-corrected chi connectivity index (χ1v) is 13.2. The number of oxazole rings is 1. The second-order valence-corrected chi connectivity index (χ2v) is 11.2. The Morgan fingerprint density at radius 2 is 1.56 bits per heavy atom. The highest BCUT2D eigenvalue weighted by atomic mass is 35.5. The number of aromatic nitrogens is 1. The van der Waals surface area contributed by atoms with E-state index in [1.807, 2.05) is 0 Å². The minimum absolute atomic E-state index is 0.00562. The molecule has 4 aliphatic rings. The number of benzene rings is 1. The minimum atomic E-state index is -3.90. The molecule has 0 spiro atoms. The zero-order valence-electron chi connectivity index (χ0n) is 17.6. The molecule has 1 aromatic heterocycles. The normalized spacial score (nSPS) is 24.0. The highest BCUT2D eigenvalue weighted by molar-refractivity contribution is 7.87. The third kappa shape index (κ3) is 3.16. The van der Waals surface area contributed by atoms with Crippen molar-refractivity contribution < 1.29 is 17.6 Å². The van der Waals surface area contributed by atoms with Crippen LogP contribution in [0.4, 0.5) is 11.7 Å². The molecular formula is C22H25ClN4O4S. The van der Waals surface area contributed by atoms with Gasteiger partial charge in [-0.2, -0.15) is 17.7 Å². The average Bonchev–Trinajstić information content (AvgIpc) is 3.57. The maximum atomic E-state index is 12.8. The van der Waals surface area contributed by atoms with Crippen LogP contribution in [0, 0.1) is 0 Å². The third-order valence-electron chi connectivity index (χ3n) is 7.42. The molecule has 10 heteroatoms. The van der Waals surface area contributed by atoms with Gasteiger partial charge in [-0.05, 0) is 86.5 Å². The molecule has 2 aliphatic carbocycles. The van der Waals surface area contributed by atoms with Gasteiger partial charge in [0.15, 0.2) is 5.69 Å². The van der Waals surface area contributed by atoms with Gasteiger partial charge in [-0.3, -0.25) is 4.79 Å². The highest BCUT2D eigenvalue weighted by Gasteiger charge is 2.46. The number of halogens is 1. The van der Waals surface area contributed by atoms with E-state index in [-0.39, 0.29) is 23.8 Å². The molecule has 2 aliphatic heterocycles. The molecule has 0 saturated carbocycles. The predicted octanol–water partition coefficient (Wildman–Crippen LogP) is 3.65. The number of carbonyl (C=O) groups excluding carboxylic acids is 1. The molecule has 0 unspecified atom stereocenters. The van der Waals surface area contributed by atoms with Crippen LogP contribution >= 0.6 is 11.6 Å². The number of hydrogen-bond acceptors (Lipinski definition) is 6. The highest BCUT2D eigenvalue weighted by Crippen LogP contribution is 2.45. The largest absolute Gasteiger partial charge is 0.431 e. The molecule has 2 N–H and O–H groups in total. The smallest absolute Gasteiger partial charge is 0.304 e. The van der Waals surface area contributed by atoms with Crippen molar-refractivity contribution in [2.75, 3.05) is 5.32 Å². The molecule has 0 radical (unpaired) electrons. The first kappa shape index (κ1) is 20.5. The van der Waals surface area contributed by atoms with Crippen LogP contribution in [0.2, 0.25) is 5.02 Å². The van der Waals surface area contributed by atoms with Crippen LogP contribution in [0.15, 0.2) is 10.7 Å². The van der Waals surface area contributed by atoms with Gasteiger partial charge in [0.25, 0.3) is 11.9 Å². The van der Waals surface area contributed by atoms with Crippen molar-refractivity contribution >= 4 is 39.4 Å². The maximum Gasteiger partial charge on any atom is 0.304 e. The lowest BCUT2D eigenvalue weighted by Gasteiger charge is -2.21. The van der Waals surface area contributed by atoms with E-state index in [9.17, 15) is 13.2 Å². The summed E-state index contributed by atoms with van der Waals surface area (Å²) >= 11 is 6.68. The van der Waals surface area contributed by atoms with Crippen molar-refractivity contribution in [3.05, 3.63) is 39.2 Å². The van der Waals surface area contributed by atoms with E-state index < -0.39 is 16.1 Å². The summed E-state index contributed by atoms with van der Waals surface area (Å²) in [6, 6.07) is 0.169. The summed E-state index contributed by atoms with van der Waals surface area (Å²) in [7, 11) is -3.90. The number of carbonyl (C=O) groups is 1. The predicted molar refractivity (Wildman–Crippen MR) is 120 cm³/mol. The molecule has 2 saturated heterocycles. The zero-order chi connectivity index (χ0) is 22.0. The molecular weight excluding hydrogens is 452 g/mol. The number of nitrogens with zero attached hydrogens (tertiary/aromatic N) is 2. The van der Waals surface area contributed by atoms with E-state index in [0.29, 0.717) is 0 Å². The first-order chi connectivity index (χ1) is 15.4. The van der Waals surface area contributed by atoms with Gasteiger partial charge in [0.05, 0.1) is 0 Å². The topological polar surface area (TPSA) is 105 Å². The standard InChI is InChI=1S/C22H25ClN4O4S/c23-19-14-3-1-5-16(14)20(17-6-2-4-15(17)19)25-22-24-18(11-31-22)21(28)26-32(29,30)27-12-7-8-13(27)10-9-12/h11-13H,1-10H2,(H,24,25)(H,26,28). The van der Waals surface area contributed by atoms with E-state index in [1.165, 1.54) is 32.8 Å². The van der Waals surface area contributed by atoms with Crippen LogP contribution in [-0.4, -0.2) is 35.7 Å². The van der Waals surface area contributed by atoms with Gasteiger partial charge in [-0.25, -0.2) is 4.72 Å². The van der Waals surface area contributed by atoms with Crippen LogP contribution in [0.1, 0.15) is 71.3 Å². The van der Waals surface area contributed by atoms with Crippen LogP contribution < -0.4 is 10.0 Å². The van der Waals surface area contributed by atoms with Gasteiger partial charge >= 0.3 is 10.2 Å². The van der Waals surface area contributed by atoms with Crippen LogP contribution in [0.25, 0.3) is 0 Å². The summed E-state index contributed by atoms with van der Waals surface area (Å²) in [5.74, 6) is -0.778. The Labute approximate surface area is 191 Å². The Hall–Kier alpha value is -2.10. The number of nitrogens with one attached hydrogen (secondary N) is 2. The van der Waals surface area contributed by atoms with Gasteiger partial charge in [-0.15, -0.1) is 0 Å². The lowest BCUT2D eigenvalue weighted by atomic mass is 9.98. The van der Waals surface area contributed by atoms with Gasteiger partial charge in [0.2, 0.25) is 0 Å². The Kier molecular flexibility index (Phi) is 4.78. The molecule has 3 heterocycles. The quantitative estimate of drug-likeness (QED) is 0.682. The van der Waals surface area contributed by atoms with Crippen molar-refractivity contribution in [1.82, 2.24) is 14.0 Å². The zero-order valence-corrected chi connectivity index (χ0v) is 19.2. The van der Waals surface area contributed by atoms with E-state index in [4.69, 9.17) is 16.0 Å². The fraction of sp³-hybridized carbons (Fsp3) is 0.545. The molecule has 2 fully saturated rings. The molecule has 8 nitrogen and oxygen atoms in total. The summed E-state index contributed by atoms with van der Waals surface area (Å²) in [6.45, 7) is 0. The van der Waals surface area contributed by atoms with Gasteiger partial charge in [0.1, 0.15) is 6.26 Å². The van der Waals surface area contributed by atoms with Gasteiger partial charge < -0.3 is 9.73 Å². The van der Waals surface area contributed by atoms with Crippen LogP contribution in [-0.2, 0) is 35.9 Å². The SMILES string of the molecule is O=C(NS(=O)(=O)N1C2CCC1CC2)c1coc(Nc2c3c(c(Cl)c4c2CCC4)CCC3)n1. The monoisotopic (exact) mass is 476 g/mol. The summed E-state index contributed by atoms with van der Waals surface area (Å²) in [4.78, 5) is 16.9. The number of rotatable bonds is 5. The lowest BCUT2D eigenvalue weighted by Crippen LogP contribution is -2.45.